The van der Waals surface area contributed by atoms with Crippen LogP contribution in [0.25, 0.3) is 0 Å². The average Bonchev–Trinajstić information content (AvgIpc) is 2.09. The first-order valence-electron chi connectivity index (χ1n) is 6.10. The maximum atomic E-state index is 3.57. The molecule has 0 radical (unpaired) electrons. The molecule has 0 aromatic carbocycles. The van der Waals surface area contributed by atoms with Gasteiger partial charge in [-0.2, -0.15) is 0 Å². The van der Waals surface area contributed by atoms with Gasteiger partial charge in [0.15, 0.2) is 0 Å². The Hall–Kier alpha value is -0.0400. The molecule has 1 heteroatoms. The van der Waals surface area contributed by atoms with Crippen molar-refractivity contribution in [2.45, 2.75) is 66.8 Å². The molecule has 1 nitrogen and oxygen atoms in total. The van der Waals surface area contributed by atoms with Crippen molar-refractivity contribution in [2.24, 2.45) is 11.3 Å². The van der Waals surface area contributed by atoms with Crippen molar-refractivity contribution in [1.29, 1.82) is 0 Å². The summed E-state index contributed by atoms with van der Waals surface area (Å²) in [6.45, 7) is 15.0. The monoisotopic (exact) mass is 199 g/mol. The van der Waals surface area contributed by atoms with E-state index in [1.165, 1.54) is 19.3 Å². The van der Waals surface area contributed by atoms with Crippen LogP contribution in [0.2, 0.25) is 0 Å². The van der Waals surface area contributed by atoms with Crippen LogP contribution in [-0.2, 0) is 0 Å². The molecular formula is C13H29N. The number of hydrogen-bond acceptors (Lipinski definition) is 1. The fraction of sp³-hybridized carbons (Fsp3) is 1.00. The van der Waals surface area contributed by atoms with E-state index in [9.17, 15) is 0 Å². The van der Waals surface area contributed by atoms with Crippen LogP contribution in [0.4, 0.5) is 0 Å². The van der Waals surface area contributed by atoms with Crippen LogP contribution < -0.4 is 5.32 Å². The summed E-state index contributed by atoms with van der Waals surface area (Å²) in [7, 11) is 0. The van der Waals surface area contributed by atoms with Crippen LogP contribution in [0.1, 0.15) is 60.8 Å². The van der Waals surface area contributed by atoms with Crippen molar-refractivity contribution in [3.8, 4) is 0 Å². The Morgan fingerprint density at radius 3 is 2.14 bits per heavy atom. The minimum absolute atomic E-state index is 0.485. The Balaban J connectivity index is 3.67. The Morgan fingerprint density at radius 2 is 1.71 bits per heavy atom. The van der Waals surface area contributed by atoms with Gasteiger partial charge in [0.05, 0.1) is 0 Å². The largest absolute Gasteiger partial charge is 0.314 e. The van der Waals surface area contributed by atoms with Crippen molar-refractivity contribution >= 4 is 0 Å². The predicted octanol–water partition coefficient (Wildman–Crippen LogP) is 3.84. The third kappa shape index (κ3) is 7.37. The second-order valence-electron chi connectivity index (χ2n) is 5.82. The molecule has 2 unspecified atom stereocenters. The normalized spacial score (nSPS) is 16.7. The summed E-state index contributed by atoms with van der Waals surface area (Å²) in [6.07, 6.45) is 3.89. The van der Waals surface area contributed by atoms with Gasteiger partial charge >= 0.3 is 0 Å². The Bertz CT molecular complexity index is 135. The molecule has 0 heterocycles. The van der Waals surface area contributed by atoms with Crippen LogP contribution in [0.5, 0.6) is 0 Å². The van der Waals surface area contributed by atoms with Gasteiger partial charge in [-0.05, 0) is 44.1 Å². The molecule has 0 fully saturated rings. The summed E-state index contributed by atoms with van der Waals surface area (Å²) >= 11 is 0. The molecule has 14 heavy (non-hydrogen) atoms. The first-order chi connectivity index (χ1) is 6.37. The Kier molecular flexibility index (Phi) is 6.43. The highest BCUT2D eigenvalue weighted by molar-refractivity contribution is 4.71. The lowest BCUT2D eigenvalue weighted by Crippen LogP contribution is -2.33. The summed E-state index contributed by atoms with van der Waals surface area (Å²) in [6, 6.07) is 0.664. The number of nitrogens with one attached hydrogen (secondary N) is 1. The topological polar surface area (TPSA) is 12.0 Å². The molecule has 0 aromatic rings. The molecule has 2 atom stereocenters. The molecule has 0 rings (SSSR count). The third-order valence-electron chi connectivity index (χ3n) is 2.92. The molecule has 0 saturated carbocycles. The summed E-state index contributed by atoms with van der Waals surface area (Å²) in [5, 5.41) is 3.57. The van der Waals surface area contributed by atoms with E-state index in [-0.39, 0.29) is 0 Å². The van der Waals surface area contributed by atoms with Crippen molar-refractivity contribution in [3.05, 3.63) is 0 Å². The van der Waals surface area contributed by atoms with Gasteiger partial charge in [0.2, 0.25) is 0 Å². The molecule has 0 saturated heterocycles. The zero-order valence-electron chi connectivity index (χ0n) is 11.0. The van der Waals surface area contributed by atoms with Gasteiger partial charge < -0.3 is 5.32 Å². The second kappa shape index (κ2) is 6.44. The highest BCUT2D eigenvalue weighted by atomic mass is 14.9. The quantitative estimate of drug-likeness (QED) is 0.685. The van der Waals surface area contributed by atoms with Crippen molar-refractivity contribution in [2.75, 3.05) is 6.54 Å². The van der Waals surface area contributed by atoms with Crippen molar-refractivity contribution in [3.63, 3.8) is 0 Å². The van der Waals surface area contributed by atoms with E-state index in [0.717, 1.165) is 12.5 Å². The van der Waals surface area contributed by atoms with E-state index in [1.807, 2.05) is 0 Å². The van der Waals surface area contributed by atoms with Crippen LogP contribution in [0.3, 0.4) is 0 Å². The molecule has 0 aliphatic rings. The first kappa shape index (κ1) is 14.0. The zero-order chi connectivity index (χ0) is 11.2. The maximum Gasteiger partial charge on any atom is 0.00643 e. The Labute approximate surface area is 90.7 Å². The summed E-state index contributed by atoms with van der Waals surface area (Å²) in [4.78, 5) is 0. The van der Waals surface area contributed by atoms with Gasteiger partial charge in [0.1, 0.15) is 0 Å². The van der Waals surface area contributed by atoms with Gasteiger partial charge in [-0.15, -0.1) is 0 Å². The molecule has 0 amide bonds. The number of rotatable bonds is 6. The van der Waals surface area contributed by atoms with Crippen molar-refractivity contribution < 1.29 is 0 Å². The molecule has 0 aliphatic carbocycles. The standard InChI is InChI=1S/C13H29N/c1-7-10-14-12(3)11(2)8-9-13(4,5)6/h11-12,14H,7-10H2,1-6H3. The van der Waals surface area contributed by atoms with Crippen LogP contribution in [0, 0.1) is 11.3 Å². The van der Waals surface area contributed by atoms with Crippen LogP contribution in [-0.4, -0.2) is 12.6 Å². The summed E-state index contributed by atoms with van der Waals surface area (Å²) in [5.41, 5.74) is 0.485. The SMILES string of the molecule is CCCNC(C)C(C)CCC(C)(C)C. The first-order valence-corrected chi connectivity index (χ1v) is 6.10. The molecule has 0 aromatic heterocycles. The van der Waals surface area contributed by atoms with E-state index in [1.54, 1.807) is 0 Å². The lowest BCUT2D eigenvalue weighted by molar-refractivity contribution is 0.295. The van der Waals surface area contributed by atoms with Gasteiger partial charge in [-0.3, -0.25) is 0 Å². The van der Waals surface area contributed by atoms with E-state index >= 15 is 0 Å². The summed E-state index contributed by atoms with van der Waals surface area (Å²) < 4.78 is 0. The minimum Gasteiger partial charge on any atom is -0.314 e. The molecule has 0 bridgehead atoms. The average molecular weight is 199 g/mol. The minimum atomic E-state index is 0.485. The lowest BCUT2D eigenvalue weighted by Gasteiger charge is -2.25. The van der Waals surface area contributed by atoms with Crippen molar-refractivity contribution in [1.82, 2.24) is 5.32 Å². The fourth-order valence-corrected chi connectivity index (χ4v) is 1.48. The molecule has 86 valence electrons. The third-order valence-corrected chi connectivity index (χ3v) is 2.92. The fourth-order valence-electron chi connectivity index (χ4n) is 1.48. The van der Waals surface area contributed by atoms with E-state index < -0.39 is 0 Å². The van der Waals surface area contributed by atoms with E-state index in [2.05, 4.69) is 46.9 Å². The van der Waals surface area contributed by atoms with Gasteiger partial charge in [-0.25, -0.2) is 0 Å². The number of hydrogen-bond donors (Lipinski definition) is 1. The molecule has 0 spiro atoms. The summed E-state index contributed by atoms with van der Waals surface area (Å²) in [5.74, 6) is 0.792. The Morgan fingerprint density at radius 1 is 1.14 bits per heavy atom. The van der Waals surface area contributed by atoms with Crippen LogP contribution >= 0.6 is 0 Å². The molecular weight excluding hydrogens is 170 g/mol. The smallest absolute Gasteiger partial charge is 0.00643 e. The highest BCUT2D eigenvalue weighted by Crippen LogP contribution is 2.24. The van der Waals surface area contributed by atoms with Gasteiger partial charge in [0, 0.05) is 6.04 Å². The van der Waals surface area contributed by atoms with E-state index in [4.69, 9.17) is 0 Å². The van der Waals surface area contributed by atoms with Crippen LogP contribution in [0.15, 0.2) is 0 Å². The zero-order valence-corrected chi connectivity index (χ0v) is 11.0. The van der Waals surface area contributed by atoms with Gasteiger partial charge in [-0.1, -0.05) is 34.6 Å². The highest BCUT2D eigenvalue weighted by Gasteiger charge is 2.16. The van der Waals surface area contributed by atoms with Gasteiger partial charge in [0.25, 0.3) is 0 Å². The molecule has 1 N–H and O–H groups in total. The molecule has 0 aliphatic heterocycles. The predicted molar refractivity (Wildman–Crippen MR) is 65.6 cm³/mol. The second-order valence-corrected chi connectivity index (χ2v) is 5.82. The maximum absolute atomic E-state index is 3.57. The lowest BCUT2D eigenvalue weighted by atomic mass is 9.85. The van der Waals surface area contributed by atoms with E-state index in [0.29, 0.717) is 11.5 Å².